The number of methoxy groups -OCH3 is 1. The van der Waals surface area contributed by atoms with Crippen molar-refractivity contribution in [3.05, 3.63) is 28.8 Å². The Labute approximate surface area is 94.4 Å². The molecule has 0 aliphatic rings. The first kappa shape index (κ1) is 12.9. The van der Waals surface area contributed by atoms with Crippen LogP contribution in [0.1, 0.15) is 23.6 Å². The molecule has 0 bridgehead atoms. The second kappa shape index (κ2) is 4.37. The molecule has 1 atom stereocenters. The minimum atomic E-state index is -2.60. The fourth-order valence-corrected chi connectivity index (χ4v) is 1.71. The van der Waals surface area contributed by atoms with Gasteiger partial charge in [-0.25, -0.2) is 8.78 Å². The van der Waals surface area contributed by atoms with E-state index in [1.807, 2.05) is 13.8 Å². The molecule has 0 amide bonds. The predicted octanol–water partition coefficient (Wildman–Crippen LogP) is 2.75. The molecule has 0 radical (unpaired) electrons. The zero-order chi connectivity index (χ0) is 12.5. The highest BCUT2D eigenvalue weighted by Gasteiger charge is 2.33. The van der Waals surface area contributed by atoms with Crippen LogP contribution in [0.25, 0.3) is 0 Å². The summed E-state index contributed by atoms with van der Waals surface area (Å²) in [4.78, 5) is 0. The topological polar surface area (TPSA) is 35.2 Å². The molecule has 1 aromatic rings. The highest BCUT2D eigenvalue weighted by atomic mass is 19.3. The van der Waals surface area contributed by atoms with E-state index in [1.54, 1.807) is 19.2 Å². The third-order valence-corrected chi connectivity index (χ3v) is 2.74. The molecule has 1 unspecified atom stereocenters. The van der Waals surface area contributed by atoms with Crippen LogP contribution in [-0.4, -0.2) is 13.5 Å². The fraction of sp³-hybridized carbons (Fsp3) is 0.500. The van der Waals surface area contributed by atoms with Gasteiger partial charge in [-0.15, -0.1) is 0 Å². The van der Waals surface area contributed by atoms with Crippen LogP contribution < -0.4 is 10.5 Å². The summed E-state index contributed by atoms with van der Waals surface area (Å²) < 4.78 is 30.8. The van der Waals surface area contributed by atoms with Gasteiger partial charge in [0.15, 0.2) is 0 Å². The molecule has 4 heteroatoms. The maximum Gasteiger partial charge on any atom is 0.260 e. The SMILES string of the molecule is COc1c(C)cc(C(C)(N)C(F)F)cc1C. The van der Waals surface area contributed by atoms with Gasteiger partial charge in [0.1, 0.15) is 5.75 Å². The molecular weight excluding hydrogens is 212 g/mol. The van der Waals surface area contributed by atoms with Gasteiger partial charge < -0.3 is 10.5 Å². The highest BCUT2D eigenvalue weighted by Crippen LogP contribution is 2.31. The summed E-state index contributed by atoms with van der Waals surface area (Å²) >= 11 is 0. The van der Waals surface area contributed by atoms with Gasteiger partial charge in [0.25, 0.3) is 6.43 Å². The Hall–Kier alpha value is -1.16. The number of ether oxygens (including phenoxy) is 1. The van der Waals surface area contributed by atoms with Crippen molar-refractivity contribution in [3.63, 3.8) is 0 Å². The van der Waals surface area contributed by atoms with E-state index in [0.717, 1.165) is 11.1 Å². The molecule has 1 rings (SSSR count). The lowest BCUT2D eigenvalue weighted by Crippen LogP contribution is -2.40. The summed E-state index contributed by atoms with van der Waals surface area (Å²) in [6.07, 6.45) is -2.60. The molecule has 0 saturated carbocycles. The van der Waals surface area contributed by atoms with Gasteiger partial charge in [-0.2, -0.15) is 0 Å². The van der Waals surface area contributed by atoms with E-state index in [1.165, 1.54) is 6.92 Å². The van der Waals surface area contributed by atoms with Crippen molar-refractivity contribution in [1.29, 1.82) is 0 Å². The Kier molecular flexibility index (Phi) is 3.53. The molecular formula is C12H17F2NO. The molecule has 16 heavy (non-hydrogen) atoms. The first-order valence-corrected chi connectivity index (χ1v) is 5.03. The van der Waals surface area contributed by atoms with Crippen molar-refractivity contribution in [2.75, 3.05) is 7.11 Å². The molecule has 2 nitrogen and oxygen atoms in total. The molecule has 0 aliphatic carbocycles. The molecule has 0 fully saturated rings. The second-order valence-electron chi connectivity index (χ2n) is 4.23. The van der Waals surface area contributed by atoms with Crippen molar-refractivity contribution in [2.24, 2.45) is 5.73 Å². The molecule has 0 aromatic heterocycles. The van der Waals surface area contributed by atoms with Crippen LogP contribution in [0.3, 0.4) is 0 Å². The second-order valence-corrected chi connectivity index (χ2v) is 4.23. The normalized spacial score (nSPS) is 15.0. The predicted molar refractivity (Wildman–Crippen MR) is 60.0 cm³/mol. The van der Waals surface area contributed by atoms with Crippen LogP contribution in [0.2, 0.25) is 0 Å². The Morgan fingerprint density at radius 1 is 1.25 bits per heavy atom. The van der Waals surface area contributed by atoms with Gasteiger partial charge in [0.05, 0.1) is 12.6 Å². The van der Waals surface area contributed by atoms with E-state index in [-0.39, 0.29) is 0 Å². The number of halogens is 2. The molecule has 0 aliphatic heterocycles. The monoisotopic (exact) mass is 229 g/mol. The van der Waals surface area contributed by atoms with Crippen LogP contribution in [0.5, 0.6) is 5.75 Å². The molecule has 90 valence electrons. The lowest BCUT2D eigenvalue weighted by molar-refractivity contribution is 0.0624. The van der Waals surface area contributed by atoms with E-state index in [4.69, 9.17) is 10.5 Å². The average molecular weight is 229 g/mol. The van der Waals surface area contributed by atoms with Gasteiger partial charge in [0.2, 0.25) is 0 Å². The van der Waals surface area contributed by atoms with Gasteiger partial charge in [-0.05, 0) is 37.5 Å². The van der Waals surface area contributed by atoms with Crippen LogP contribution >= 0.6 is 0 Å². The smallest absolute Gasteiger partial charge is 0.260 e. The molecule has 1 aromatic carbocycles. The van der Waals surface area contributed by atoms with Gasteiger partial charge in [-0.1, -0.05) is 12.1 Å². The summed E-state index contributed by atoms with van der Waals surface area (Å²) in [7, 11) is 1.56. The maximum absolute atomic E-state index is 12.8. The number of nitrogens with two attached hydrogens (primary N) is 1. The number of aryl methyl sites for hydroxylation is 2. The number of alkyl halides is 2. The van der Waals surface area contributed by atoms with Gasteiger partial charge in [-0.3, -0.25) is 0 Å². The Morgan fingerprint density at radius 3 is 2.00 bits per heavy atom. The summed E-state index contributed by atoms with van der Waals surface area (Å²) in [5, 5.41) is 0. The summed E-state index contributed by atoms with van der Waals surface area (Å²) in [5.74, 6) is 0.716. The third-order valence-electron chi connectivity index (χ3n) is 2.74. The zero-order valence-corrected chi connectivity index (χ0v) is 9.97. The summed E-state index contributed by atoms with van der Waals surface area (Å²) in [6, 6.07) is 3.30. The maximum atomic E-state index is 12.8. The molecule has 0 saturated heterocycles. The zero-order valence-electron chi connectivity index (χ0n) is 9.97. The van der Waals surface area contributed by atoms with Crippen molar-refractivity contribution in [1.82, 2.24) is 0 Å². The lowest BCUT2D eigenvalue weighted by atomic mass is 9.90. The van der Waals surface area contributed by atoms with Crippen molar-refractivity contribution in [3.8, 4) is 5.75 Å². The van der Waals surface area contributed by atoms with Crippen LogP contribution in [-0.2, 0) is 5.54 Å². The van der Waals surface area contributed by atoms with Crippen molar-refractivity contribution >= 4 is 0 Å². The Bertz CT molecular complexity index is 366. The van der Waals surface area contributed by atoms with E-state index in [0.29, 0.717) is 11.3 Å². The van der Waals surface area contributed by atoms with Crippen molar-refractivity contribution in [2.45, 2.75) is 32.7 Å². The van der Waals surface area contributed by atoms with Crippen LogP contribution in [0, 0.1) is 13.8 Å². The summed E-state index contributed by atoms with van der Waals surface area (Å²) in [5.41, 5.74) is 6.05. The van der Waals surface area contributed by atoms with Gasteiger partial charge >= 0.3 is 0 Å². The number of rotatable bonds is 3. The largest absolute Gasteiger partial charge is 0.496 e. The van der Waals surface area contributed by atoms with E-state index in [9.17, 15) is 8.78 Å². The molecule has 0 heterocycles. The number of hydrogen-bond donors (Lipinski definition) is 1. The quantitative estimate of drug-likeness (QED) is 0.865. The lowest BCUT2D eigenvalue weighted by Gasteiger charge is -2.25. The van der Waals surface area contributed by atoms with Crippen LogP contribution in [0.15, 0.2) is 12.1 Å². The number of benzene rings is 1. The first-order chi connectivity index (χ1) is 7.30. The average Bonchev–Trinajstić information content (AvgIpc) is 2.16. The van der Waals surface area contributed by atoms with Crippen LogP contribution in [0.4, 0.5) is 8.78 Å². The first-order valence-electron chi connectivity index (χ1n) is 5.03. The fourth-order valence-electron chi connectivity index (χ4n) is 1.71. The minimum Gasteiger partial charge on any atom is -0.496 e. The highest BCUT2D eigenvalue weighted by molar-refractivity contribution is 5.45. The minimum absolute atomic E-state index is 0.429. The Balaban J connectivity index is 3.29. The molecule has 0 spiro atoms. The third kappa shape index (κ3) is 2.16. The standard InChI is InChI=1S/C12H17F2NO/c1-7-5-9(12(3,15)11(13)14)6-8(2)10(7)16-4/h5-6,11H,15H2,1-4H3. The summed E-state index contributed by atoms with van der Waals surface area (Å²) in [6.45, 7) is 4.96. The van der Waals surface area contributed by atoms with Crippen molar-refractivity contribution < 1.29 is 13.5 Å². The van der Waals surface area contributed by atoms with Gasteiger partial charge in [0, 0.05) is 0 Å². The number of hydrogen-bond acceptors (Lipinski definition) is 2. The van der Waals surface area contributed by atoms with E-state index >= 15 is 0 Å². The van der Waals surface area contributed by atoms with E-state index in [2.05, 4.69) is 0 Å². The molecule has 2 N–H and O–H groups in total. The van der Waals surface area contributed by atoms with E-state index < -0.39 is 12.0 Å². The Morgan fingerprint density at radius 2 is 1.69 bits per heavy atom.